The lowest BCUT2D eigenvalue weighted by Crippen LogP contribution is -2.32. The first-order valence-corrected chi connectivity index (χ1v) is 6.57. The molecule has 2 aromatic rings. The van der Waals surface area contributed by atoms with Gasteiger partial charge in [-0.05, 0) is 38.8 Å². The van der Waals surface area contributed by atoms with E-state index in [0.29, 0.717) is 0 Å². The normalized spacial score (nSPS) is 11.7. The van der Waals surface area contributed by atoms with Crippen LogP contribution in [0.1, 0.15) is 26.0 Å². The summed E-state index contributed by atoms with van der Waals surface area (Å²) in [7, 11) is 0. The Hall–Kier alpha value is -1.26. The molecule has 2 rings (SSSR count). The minimum absolute atomic E-state index is 0.130. The molecule has 0 atom stereocenters. The van der Waals surface area contributed by atoms with Crippen LogP contribution in [0.25, 0.3) is 10.7 Å². The molecule has 4 heteroatoms. The third-order valence-electron chi connectivity index (χ3n) is 2.46. The molecule has 2 heterocycles. The van der Waals surface area contributed by atoms with Gasteiger partial charge in [-0.15, -0.1) is 11.3 Å². The Morgan fingerprint density at radius 1 is 1.35 bits per heavy atom. The van der Waals surface area contributed by atoms with Gasteiger partial charge in [0.15, 0.2) is 0 Å². The predicted molar refractivity (Wildman–Crippen MR) is 71.9 cm³/mol. The number of nitrogens with zero attached hydrogens (tertiary/aromatic N) is 2. The monoisotopic (exact) mass is 247 g/mol. The first-order valence-electron chi connectivity index (χ1n) is 5.69. The summed E-state index contributed by atoms with van der Waals surface area (Å²) in [4.78, 5) is 8.88. The van der Waals surface area contributed by atoms with Gasteiger partial charge in [-0.3, -0.25) is 4.98 Å². The molecule has 0 amide bonds. The van der Waals surface area contributed by atoms with Gasteiger partial charge in [-0.25, -0.2) is 4.98 Å². The second-order valence-electron chi connectivity index (χ2n) is 4.85. The lowest BCUT2D eigenvalue weighted by Gasteiger charge is -2.16. The van der Waals surface area contributed by atoms with Crippen molar-refractivity contribution in [1.29, 1.82) is 0 Å². The molecule has 0 aliphatic rings. The molecule has 17 heavy (non-hydrogen) atoms. The Morgan fingerprint density at radius 2 is 2.18 bits per heavy atom. The lowest BCUT2D eigenvalue weighted by molar-refractivity contribution is 0.475. The molecule has 0 radical (unpaired) electrons. The van der Waals surface area contributed by atoms with E-state index in [-0.39, 0.29) is 5.54 Å². The first-order chi connectivity index (χ1) is 8.04. The number of pyridine rings is 1. The molecule has 3 nitrogen and oxygen atoms in total. The number of rotatable bonds is 4. The summed E-state index contributed by atoms with van der Waals surface area (Å²) >= 11 is 1.64. The van der Waals surface area contributed by atoms with Crippen LogP contribution in [-0.4, -0.2) is 15.5 Å². The molecule has 0 spiro atoms. The average molecular weight is 247 g/mol. The molecule has 0 aliphatic carbocycles. The van der Waals surface area contributed by atoms with Crippen molar-refractivity contribution >= 4 is 11.3 Å². The highest BCUT2D eigenvalue weighted by molar-refractivity contribution is 7.13. The minimum atomic E-state index is -0.130. The van der Waals surface area contributed by atoms with E-state index in [4.69, 9.17) is 5.73 Å². The van der Waals surface area contributed by atoms with Crippen LogP contribution in [0.3, 0.4) is 0 Å². The predicted octanol–water partition coefficient (Wildman–Crippen LogP) is 2.88. The van der Waals surface area contributed by atoms with E-state index < -0.39 is 0 Å². The molecule has 0 aliphatic heterocycles. The number of nitrogens with two attached hydrogens (primary N) is 1. The molecule has 2 N–H and O–H groups in total. The van der Waals surface area contributed by atoms with Crippen molar-refractivity contribution in [1.82, 2.24) is 9.97 Å². The van der Waals surface area contributed by atoms with E-state index in [2.05, 4.69) is 15.3 Å². The lowest BCUT2D eigenvalue weighted by atomic mass is 9.99. The summed E-state index contributed by atoms with van der Waals surface area (Å²) in [5.41, 5.74) is 7.88. The highest BCUT2D eigenvalue weighted by Gasteiger charge is 2.12. The van der Waals surface area contributed by atoms with Crippen LogP contribution in [0.15, 0.2) is 29.8 Å². The van der Waals surface area contributed by atoms with E-state index in [9.17, 15) is 0 Å². The Morgan fingerprint density at radius 3 is 2.82 bits per heavy atom. The van der Waals surface area contributed by atoms with Gasteiger partial charge in [-0.1, -0.05) is 6.07 Å². The van der Waals surface area contributed by atoms with Gasteiger partial charge in [0.25, 0.3) is 0 Å². The summed E-state index contributed by atoms with van der Waals surface area (Å²) in [5, 5.41) is 3.07. The second kappa shape index (κ2) is 4.94. The van der Waals surface area contributed by atoms with Crippen LogP contribution in [0.2, 0.25) is 0 Å². The average Bonchev–Trinajstić information content (AvgIpc) is 2.75. The number of thiazole rings is 1. The molecule has 0 bridgehead atoms. The SMILES string of the molecule is CC(C)(N)CCc1csc(-c2ccccn2)n1. The zero-order valence-corrected chi connectivity index (χ0v) is 11.0. The summed E-state index contributed by atoms with van der Waals surface area (Å²) in [6, 6.07) is 5.87. The zero-order valence-electron chi connectivity index (χ0n) is 10.2. The van der Waals surface area contributed by atoms with Crippen molar-refractivity contribution in [3.05, 3.63) is 35.5 Å². The highest BCUT2D eigenvalue weighted by atomic mass is 32.1. The topological polar surface area (TPSA) is 51.8 Å². The molecule has 0 fully saturated rings. The highest BCUT2D eigenvalue weighted by Crippen LogP contribution is 2.22. The third kappa shape index (κ3) is 3.61. The Labute approximate surface area is 106 Å². The third-order valence-corrected chi connectivity index (χ3v) is 3.37. The zero-order chi connectivity index (χ0) is 12.3. The van der Waals surface area contributed by atoms with Crippen molar-refractivity contribution < 1.29 is 0 Å². The van der Waals surface area contributed by atoms with Crippen molar-refractivity contribution in [2.45, 2.75) is 32.2 Å². The summed E-state index contributed by atoms with van der Waals surface area (Å²) in [6.07, 6.45) is 3.66. The Bertz CT molecular complexity index is 471. The molecular formula is C13H17N3S. The fourth-order valence-electron chi connectivity index (χ4n) is 1.48. The van der Waals surface area contributed by atoms with Crippen LogP contribution < -0.4 is 5.73 Å². The van der Waals surface area contributed by atoms with Gasteiger partial charge in [0.1, 0.15) is 5.01 Å². The van der Waals surface area contributed by atoms with E-state index in [1.807, 2.05) is 32.0 Å². The maximum Gasteiger partial charge on any atom is 0.142 e. The van der Waals surface area contributed by atoms with Gasteiger partial charge >= 0.3 is 0 Å². The number of hydrogen-bond donors (Lipinski definition) is 1. The number of aryl methyl sites for hydroxylation is 1. The van der Waals surface area contributed by atoms with Crippen LogP contribution in [0.5, 0.6) is 0 Å². The standard InChI is InChI=1S/C13H17N3S/c1-13(2,14)7-6-10-9-17-12(16-10)11-5-3-4-8-15-11/h3-5,8-9H,6-7,14H2,1-2H3. The molecular weight excluding hydrogens is 230 g/mol. The molecule has 0 saturated heterocycles. The molecule has 0 aromatic carbocycles. The largest absolute Gasteiger partial charge is 0.326 e. The Balaban J connectivity index is 2.07. The van der Waals surface area contributed by atoms with E-state index in [1.165, 1.54) is 0 Å². The van der Waals surface area contributed by atoms with Crippen molar-refractivity contribution in [2.24, 2.45) is 5.73 Å². The van der Waals surface area contributed by atoms with Crippen LogP contribution in [0.4, 0.5) is 0 Å². The Kier molecular flexibility index (Phi) is 3.54. The fourth-order valence-corrected chi connectivity index (χ4v) is 2.31. The summed E-state index contributed by atoms with van der Waals surface area (Å²) in [6.45, 7) is 4.08. The first kappa shape index (κ1) is 12.2. The maximum atomic E-state index is 5.96. The minimum Gasteiger partial charge on any atom is -0.326 e. The van der Waals surface area contributed by atoms with E-state index >= 15 is 0 Å². The summed E-state index contributed by atoms with van der Waals surface area (Å²) in [5.74, 6) is 0. The van der Waals surface area contributed by atoms with E-state index in [0.717, 1.165) is 29.2 Å². The fraction of sp³-hybridized carbons (Fsp3) is 0.385. The molecule has 0 unspecified atom stereocenters. The quantitative estimate of drug-likeness (QED) is 0.903. The van der Waals surface area contributed by atoms with Gasteiger partial charge < -0.3 is 5.73 Å². The van der Waals surface area contributed by atoms with Crippen molar-refractivity contribution in [3.8, 4) is 10.7 Å². The van der Waals surface area contributed by atoms with Crippen LogP contribution >= 0.6 is 11.3 Å². The summed E-state index contributed by atoms with van der Waals surface area (Å²) < 4.78 is 0. The van der Waals surface area contributed by atoms with E-state index in [1.54, 1.807) is 17.5 Å². The van der Waals surface area contributed by atoms with Crippen molar-refractivity contribution in [3.63, 3.8) is 0 Å². The maximum absolute atomic E-state index is 5.96. The van der Waals surface area contributed by atoms with Crippen molar-refractivity contribution in [2.75, 3.05) is 0 Å². The van der Waals surface area contributed by atoms with Gasteiger partial charge in [0.05, 0.1) is 11.4 Å². The molecule has 90 valence electrons. The molecule has 2 aromatic heterocycles. The number of aromatic nitrogens is 2. The smallest absolute Gasteiger partial charge is 0.142 e. The van der Waals surface area contributed by atoms with Gasteiger partial charge in [0.2, 0.25) is 0 Å². The second-order valence-corrected chi connectivity index (χ2v) is 5.71. The van der Waals surface area contributed by atoms with Crippen LogP contribution in [-0.2, 0) is 6.42 Å². The van der Waals surface area contributed by atoms with Gasteiger partial charge in [0, 0.05) is 17.1 Å². The number of hydrogen-bond acceptors (Lipinski definition) is 4. The van der Waals surface area contributed by atoms with Gasteiger partial charge in [-0.2, -0.15) is 0 Å². The van der Waals surface area contributed by atoms with Crippen LogP contribution in [0, 0.1) is 0 Å². The molecule has 0 saturated carbocycles.